The zero-order valence-corrected chi connectivity index (χ0v) is 9.89. The molecule has 0 bridgehead atoms. The zero-order valence-electron chi connectivity index (χ0n) is 9.08. The SMILES string of the molecule is O=C(CC1CC=CCC1)C1CNCCS1. The molecule has 1 fully saturated rings. The Hall–Kier alpha value is -0.280. The van der Waals surface area contributed by atoms with Crippen molar-refractivity contribution in [2.45, 2.75) is 30.9 Å². The first-order chi connectivity index (χ1) is 7.36. The number of rotatable bonds is 3. The molecule has 0 amide bonds. The van der Waals surface area contributed by atoms with E-state index in [1.54, 1.807) is 0 Å². The molecule has 1 aliphatic heterocycles. The van der Waals surface area contributed by atoms with E-state index in [1.165, 1.54) is 6.42 Å². The van der Waals surface area contributed by atoms with E-state index in [4.69, 9.17) is 0 Å². The second-order valence-corrected chi connectivity index (χ2v) is 5.70. The standard InChI is InChI=1S/C12H19NOS/c14-11(12-9-13-6-7-15-12)8-10-4-2-1-3-5-10/h1-2,10,12-13H,3-9H2. The first-order valence-corrected chi connectivity index (χ1v) is 6.91. The molecule has 0 aromatic carbocycles. The number of thioether (sulfide) groups is 1. The third-order valence-electron chi connectivity index (χ3n) is 3.15. The van der Waals surface area contributed by atoms with Crippen LogP contribution >= 0.6 is 11.8 Å². The van der Waals surface area contributed by atoms with Gasteiger partial charge in [-0.25, -0.2) is 0 Å². The Balaban J connectivity index is 1.77. The number of carbonyl (C=O) groups is 1. The molecule has 84 valence electrons. The Bertz CT molecular complexity index is 246. The summed E-state index contributed by atoms with van der Waals surface area (Å²) in [5.41, 5.74) is 0. The van der Waals surface area contributed by atoms with Crippen LogP contribution in [0.5, 0.6) is 0 Å². The summed E-state index contributed by atoms with van der Waals surface area (Å²) in [6.45, 7) is 1.94. The van der Waals surface area contributed by atoms with Crippen molar-refractivity contribution in [2.75, 3.05) is 18.8 Å². The molecule has 0 spiro atoms. The number of Topliss-reactive ketones (excluding diaryl/α,β-unsaturated/α-hetero) is 1. The van der Waals surface area contributed by atoms with Crippen LogP contribution in [-0.4, -0.2) is 29.9 Å². The zero-order chi connectivity index (χ0) is 10.5. The Kier molecular flexibility index (Phi) is 4.27. The Labute approximate surface area is 95.9 Å². The van der Waals surface area contributed by atoms with Crippen molar-refractivity contribution in [2.24, 2.45) is 5.92 Å². The number of ketones is 1. The molecule has 1 heterocycles. The van der Waals surface area contributed by atoms with E-state index < -0.39 is 0 Å². The highest BCUT2D eigenvalue weighted by Gasteiger charge is 2.24. The smallest absolute Gasteiger partial charge is 0.147 e. The summed E-state index contributed by atoms with van der Waals surface area (Å²) < 4.78 is 0. The molecule has 0 radical (unpaired) electrons. The van der Waals surface area contributed by atoms with Gasteiger partial charge >= 0.3 is 0 Å². The molecule has 0 aromatic heterocycles. The summed E-state index contributed by atoms with van der Waals surface area (Å²) in [4.78, 5) is 12.0. The van der Waals surface area contributed by atoms with Crippen LogP contribution in [0.4, 0.5) is 0 Å². The summed E-state index contributed by atoms with van der Waals surface area (Å²) in [6.07, 6.45) is 8.73. The van der Waals surface area contributed by atoms with E-state index in [1.807, 2.05) is 11.8 Å². The van der Waals surface area contributed by atoms with Crippen LogP contribution in [-0.2, 0) is 4.79 Å². The van der Waals surface area contributed by atoms with E-state index in [9.17, 15) is 4.79 Å². The lowest BCUT2D eigenvalue weighted by Gasteiger charge is -2.24. The third-order valence-corrected chi connectivity index (χ3v) is 4.43. The van der Waals surface area contributed by atoms with Crippen LogP contribution in [0.3, 0.4) is 0 Å². The van der Waals surface area contributed by atoms with Gasteiger partial charge in [0.05, 0.1) is 5.25 Å². The van der Waals surface area contributed by atoms with Crippen molar-refractivity contribution >= 4 is 17.5 Å². The molecule has 15 heavy (non-hydrogen) atoms. The lowest BCUT2D eigenvalue weighted by Crippen LogP contribution is -2.38. The van der Waals surface area contributed by atoms with E-state index in [0.717, 1.165) is 38.1 Å². The van der Waals surface area contributed by atoms with Gasteiger partial charge in [-0.15, -0.1) is 11.8 Å². The van der Waals surface area contributed by atoms with Gasteiger partial charge in [0.15, 0.2) is 0 Å². The molecule has 2 rings (SSSR count). The largest absolute Gasteiger partial charge is 0.314 e. The van der Waals surface area contributed by atoms with E-state index in [-0.39, 0.29) is 5.25 Å². The average molecular weight is 225 g/mol. The van der Waals surface area contributed by atoms with Crippen molar-refractivity contribution in [1.29, 1.82) is 0 Å². The predicted molar refractivity (Wildman–Crippen MR) is 65.2 cm³/mol. The second kappa shape index (κ2) is 5.71. The molecular formula is C12H19NOS. The fourth-order valence-corrected chi connectivity index (χ4v) is 3.29. The van der Waals surface area contributed by atoms with Crippen LogP contribution in [0, 0.1) is 5.92 Å². The molecular weight excluding hydrogens is 206 g/mol. The van der Waals surface area contributed by atoms with Crippen LogP contribution < -0.4 is 5.32 Å². The topological polar surface area (TPSA) is 29.1 Å². The molecule has 1 aliphatic carbocycles. The summed E-state index contributed by atoms with van der Waals surface area (Å²) in [7, 11) is 0. The van der Waals surface area contributed by atoms with Gasteiger partial charge in [-0.3, -0.25) is 4.79 Å². The molecule has 1 N–H and O–H groups in total. The fraction of sp³-hybridized carbons (Fsp3) is 0.750. The van der Waals surface area contributed by atoms with Crippen molar-refractivity contribution in [1.82, 2.24) is 5.32 Å². The summed E-state index contributed by atoms with van der Waals surface area (Å²) in [5.74, 6) is 2.17. The molecule has 2 unspecified atom stereocenters. The lowest BCUT2D eigenvalue weighted by molar-refractivity contribution is -0.119. The molecule has 3 heteroatoms. The Morgan fingerprint density at radius 1 is 1.47 bits per heavy atom. The minimum absolute atomic E-state index is 0.227. The van der Waals surface area contributed by atoms with Crippen LogP contribution in [0.2, 0.25) is 0 Å². The highest BCUT2D eigenvalue weighted by Crippen LogP contribution is 2.25. The van der Waals surface area contributed by atoms with E-state index in [2.05, 4.69) is 17.5 Å². The minimum Gasteiger partial charge on any atom is -0.314 e. The van der Waals surface area contributed by atoms with E-state index in [0.29, 0.717) is 11.7 Å². The maximum absolute atomic E-state index is 12.0. The first kappa shape index (κ1) is 11.2. The number of hydrogen-bond donors (Lipinski definition) is 1. The number of carbonyl (C=O) groups excluding carboxylic acids is 1. The minimum atomic E-state index is 0.227. The quantitative estimate of drug-likeness (QED) is 0.745. The van der Waals surface area contributed by atoms with Crippen LogP contribution in [0.1, 0.15) is 25.7 Å². The van der Waals surface area contributed by atoms with Crippen molar-refractivity contribution < 1.29 is 4.79 Å². The lowest BCUT2D eigenvalue weighted by atomic mass is 9.89. The fourth-order valence-electron chi connectivity index (χ4n) is 2.23. The third kappa shape index (κ3) is 3.35. The van der Waals surface area contributed by atoms with Gasteiger partial charge in [-0.2, -0.15) is 0 Å². The number of allylic oxidation sites excluding steroid dienone is 2. The normalized spacial score (nSPS) is 31.5. The Morgan fingerprint density at radius 2 is 2.40 bits per heavy atom. The Morgan fingerprint density at radius 3 is 3.07 bits per heavy atom. The summed E-state index contributed by atoms with van der Waals surface area (Å²) in [6, 6.07) is 0. The number of nitrogens with one attached hydrogen (secondary N) is 1. The van der Waals surface area contributed by atoms with Gasteiger partial charge in [-0.1, -0.05) is 12.2 Å². The number of hydrogen-bond acceptors (Lipinski definition) is 3. The summed E-state index contributed by atoms with van der Waals surface area (Å²) in [5, 5.41) is 3.52. The predicted octanol–water partition coefficient (Wildman–Crippen LogP) is 2.01. The molecule has 0 aromatic rings. The van der Waals surface area contributed by atoms with Gasteiger partial charge in [-0.05, 0) is 25.2 Å². The maximum Gasteiger partial charge on any atom is 0.147 e. The first-order valence-electron chi connectivity index (χ1n) is 5.86. The van der Waals surface area contributed by atoms with Gasteiger partial charge in [0.25, 0.3) is 0 Å². The van der Waals surface area contributed by atoms with Gasteiger partial charge in [0.1, 0.15) is 5.78 Å². The monoisotopic (exact) mass is 225 g/mol. The van der Waals surface area contributed by atoms with Gasteiger partial charge in [0.2, 0.25) is 0 Å². The molecule has 2 nitrogen and oxygen atoms in total. The van der Waals surface area contributed by atoms with Crippen LogP contribution in [0.25, 0.3) is 0 Å². The molecule has 1 saturated heterocycles. The van der Waals surface area contributed by atoms with Gasteiger partial charge < -0.3 is 5.32 Å². The highest BCUT2D eigenvalue weighted by atomic mass is 32.2. The second-order valence-electron chi connectivity index (χ2n) is 4.38. The van der Waals surface area contributed by atoms with Crippen molar-refractivity contribution in [3.05, 3.63) is 12.2 Å². The van der Waals surface area contributed by atoms with Crippen LogP contribution in [0.15, 0.2) is 12.2 Å². The summed E-state index contributed by atoms with van der Waals surface area (Å²) >= 11 is 1.83. The molecule has 2 atom stereocenters. The highest BCUT2D eigenvalue weighted by molar-refractivity contribution is 8.00. The molecule has 0 saturated carbocycles. The maximum atomic E-state index is 12.0. The van der Waals surface area contributed by atoms with Gasteiger partial charge in [0, 0.05) is 25.3 Å². The van der Waals surface area contributed by atoms with Crippen molar-refractivity contribution in [3.8, 4) is 0 Å². The molecule has 2 aliphatic rings. The average Bonchev–Trinajstić information content (AvgIpc) is 2.31. The van der Waals surface area contributed by atoms with Crippen molar-refractivity contribution in [3.63, 3.8) is 0 Å². The van der Waals surface area contributed by atoms with E-state index >= 15 is 0 Å².